The van der Waals surface area contributed by atoms with Crippen molar-refractivity contribution in [2.75, 3.05) is 119 Å². The molecule has 0 heterocycles. The van der Waals surface area contributed by atoms with Gasteiger partial charge in [0.15, 0.2) is 0 Å². The summed E-state index contributed by atoms with van der Waals surface area (Å²) in [6.07, 6.45) is 4.02. The minimum absolute atomic E-state index is 0.0542. The number of hydrogen-bond acceptors (Lipinski definition) is 17. The molecular weight excluding hydrogens is 802 g/mol. The summed E-state index contributed by atoms with van der Waals surface area (Å²) < 4.78 is 22.0. The van der Waals surface area contributed by atoms with Gasteiger partial charge in [0.05, 0.1) is 104 Å². The van der Waals surface area contributed by atoms with Crippen LogP contribution in [0.25, 0.3) is 0 Å². The maximum absolute atomic E-state index is 13.4. The number of carbonyl (C=O) groups excluding carboxylic acids is 3. The number of aliphatic hydroxyl groups excluding tert-OH is 8. The number of rotatable bonds is 41. The molecule has 354 valence electrons. The Morgan fingerprint density at radius 3 is 1.25 bits per heavy atom. The fourth-order valence-electron chi connectivity index (χ4n) is 5.78. The molecule has 0 saturated heterocycles. The van der Waals surface area contributed by atoms with Gasteiger partial charge in [-0.1, -0.05) is 43.9 Å². The third-order valence-corrected chi connectivity index (χ3v) is 9.41. The maximum Gasteiger partial charge on any atom is 0.251 e. The summed E-state index contributed by atoms with van der Waals surface area (Å²) in [6.45, 7) is -2.31. The van der Waals surface area contributed by atoms with E-state index < -0.39 is 101 Å². The third kappa shape index (κ3) is 28.4. The maximum atomic E-state index is 13.4. The minimum Gasteiger partial charge on any atom is -0.394 e. The van der Waals surface area contributed by atoms with Crippen LogP contribution in [-0.2, 0) is 28.5 Å². The van der Waals surface area contributed by atoms with Crippen molar-refractivity contribution in [3.63, 3.8) is 0 Å². The second-order valence-corrected chi connectivity index (χ2v) is 14.7. The van der Waals surface area contributed by atoms with E-state index in [1.165, 1.54) is 0 Å². The molecule has 0 fully saturated rings. The quantitative estimate of drug-likeness (QED) is 0.0290. The lowest BCUT2D eigenvalue weighted by Gasteiger charge is -2.27. The molecule has 0 radical (unpaired) electrons. The van der Waals surface area contributed by atoms with Gasteiger partial charge in [-0.3, -0.25) is 19.3 Å². The molecule has 20 nitrogen and oxygen atoms in total. The van der Waals surface area contributed by atoms with E-state index >= 15 is 0 Å². The van der Waals surface area contributed by atoms with Gasteiger partial charge in [-0.2, -0.15) is 0 Å². The van der Waals surface area contributed by atoms with Crippen LogP contribution < -0.4 is 21.3 Å². The lowest BCUT2D eigenvalue weighted by molar-refractivity contribution is -0.128. The van der Waals surface area contributed by atoms with Crippen molar-refractivity contribution < 1.29 is 74.2 Å². The highest BCUT2D eigenvalue weighted by molar-refractivity contribution is 5.94. The van der Waals surface area contributed by atoms with Crippen LogP contribution in [0.2, 0.25) is 0 Å². The molecule has 0 atom stereocenters. The van der Waals surface area contributed by atoms with Gasteiger partial charge in [0, 0.05) is 12.1 Å². The zero-order valence-electron chi connectivity index (χ0n) is 35.6. The molecule has 3 amide bonds. The number of nitrogens with one attached hydrogen (secondary N) is 4. The molecule has 0 saturated carbocycles. The first-order chi connectivity index (χ1) is 29.7. The summed E-state index contributed by atoms with van der Waals surface area (Å²) in [4.78, 5) is 40.5. The molecule has 61 heavy (non-hydrogen) atoms. The Hall–Kier alpha value is -2.93. The molecule has 0 unspecified atom stereocenters. The van der Waals surface area contributed by atoms with E-state index in [2.05, 4.69) is 21.3 Å². The first kappa shape index (κ1) is 56.1. The standard InChI is InChI=1S/C41H75N5O15/c47-20-35(21-48)58-28-33(29-59-36(22-49)23-50)44-39(55)18-46(19-40(56)45-34(30-60-37(24-51)25-52)31-61-38(26-53)27-54)17-11-10-15-42-14-8-3-1-2-4-9-16-43-41(57)32-12-6-5-7-13-32/h5-7,12-13,33-38,42,47-54H,1-4,8-11,14-31H2,(H,43,57)(H,44,55)(H,45,56). The van der Waals surface area contributed by atoms with Crippen molar-refractivity contribution in [1.82, 2.24) is 26.2 Å². The Labute approximate surface area is 359 Å². The smallest absolute Gasteiger partial charge is 0.251 e. The van der Waals surface area contributed by atoms with Crippen LogP contribution in [0, 0.1) is 0 Å². The average Bonchev–Trinajstić information content (AvgIpc) is 3.27. The molecule has 0 aromatic heterocycles. The van der Waals surface area contributed by atoms with Crippen molar-refractivity contribution in [3.05, 3.63) is 35.9 Å². The lowest BCUT2D eigenvalue weighted by Crippen LogP contribution is -2.51. The van der Waals surface area contributed by atoms with Gasteiger partial charge < -0.3 is 81.1 Å². The summed E-state index contributed by atoms with van der Waals surface area (Å²) >= 11 is 0. The van der Waals surface area contributed by atoms with Crippen LogP contribution in [-0.4, -0.2) is 219 Å². The molecule has 1 rings (SSSR count). The lowest BCUT2D eigenvalue weighted by atomic mass is 10.1. The number of unbranched alkanes of at least 4 members (excludes halogenated alkanes) is 6. The molecular formula is C41H75N5O15. The SMILES string of the molecule is O=C(CN(CCCCNCCCCCCCCNC(=O)c1ccccc1)CC(=O)NC(COC(CO)CO)COC(CO)CO)NC(COC(CO)CO)COC(CO)CO. The van der Waals surface area contributed by atoms with Gasteiger partial charge in [0.1, 0.15) is 24.4 Å². The second kappa shape index (κ2) is 37.6. The Balaban J connectivity index is 2.73. The molecule has 0 bridgehead atoms. The molecule has 0 spiro atoms. The van der Waals surface area contributed by atoms with Crippen LogP contribution in [0.4, 0.5) is 0 Å². The number of carbonyl (C=O) groups is 3. The number of nitrogens with zero attached hydrogens (tertiary/aromatic N) is 1. The Kier molecular flexibility index (Phi) is 34.6. The van der Waals surface area contributed by atoms with Crippen LogP contribution in [0.3, 0.4) is 0 Å². The van der Waals surface area contributed by atoms with Crippen LogP contribution in [0.5, 0.6) is 0 Å². The summed E-state index contributed by atoms with van der Waals surface area (Å²) in [7, 11) is 0. The summed E-state index contributed by atoms with van der Waals surface area (Å²) in [5.74, 6) is -1.05. The van der Waals surface area contributed by atoms with Gasteiger partial charge >= 0.3 is 0 Å². The van der Waals surface area contributed by atoms with Crippen molar-refractivity contribution in [2.24, 2.45) is 0 Å². The van der Waals surface area contributed by atoms with Crippen LogP contribution in [0.15, 0.2) is 30.3 Å². The predicted octanol–water partition coefficient (Wildman–Crippen LogP) is -3.12. The molecule has 1 aromatic rings. The molecule has 0 aliphatic rings. The molecule has 1 aromatic carbocycles. The fraction of sp³-hybridized carbons (Fsp3) is 0.780. The highest BCUT2D eigenvalue weighted by Gasteiger charge is 2.23. The highest BCUT2D eigenvalue weighted by atomic mass is 16.5. The van der Waals surface area contributed by atoms with E-state index in [9.17, 15) is 55.2 Å². The number of hydrogen-bond donors (Lipinski definition) is 12. The largest absolute Gasteiger partial charge is 0.394 e. The number of aliphatic hydroxyl groups is 8. The first-order valence-corrected chi connectivity index (χ1v) is 21.3. The zero-order chi connectivity index (χ0) is 44.9. The van der Waals surface area contributed by atoms with E-state index in [0.717, 1.165) is 58.0 Å². The summed E-state index contributed by atoms with van der Waals surface area (Å²) in [5, 5.41) is 87.3. The Morgan fingerprint density at radius 1 is 0.492 bits per heavy atom. The van der Waals surface area contributed by atoms with Crippen LogP contribution >= 0.6 is 0 Å². The Bertz CT molecular complexity index is 1130. The summed E-state index contributed by atoms with van der Waals surface area (Å²) in [5.41, 5.74) is 0.661. The number of ether oxygens (including phenoxy) is 4. The number of benzene rings is 1. The topological polar surface area (TPSA) is 301 Å². The minimum atomic E-state index is -0.909. The highest BCUT2D eigenvalue weighted by Crippen LogP contribution is 2.06. The van der Waals surface area contributed by atoms with Gasteiger partial charge in [-0.05, 0) is 57.5 Å². The van der Waals surface area contributed by atoms with Crippen molar-refractivity contribution in [3.8, 4) is 0 Å². The average molecular weight is 878 g/mol. The summed E-state index contributed by atoms with van der Waals surface area (Å²) in [6, 6.07) is 7.54. The van der Waals surface area contributed by atoms with Gasteiger partial charge in [0.25, 0.3) is 5.91 Å². The van der Waals surface area contributed by atoms with Gasteiger partial charge in [-0.15, -0.1) is 0 Å². The number of amides is 3. The zero-order valence-corrected chi connectivity index (χ0v) is 35.6. The first-order valence-electron chi connectivity index (χ1n) is 21.3. The van der Waals surface area contributed by atoms with Crippen LogP contribution in [0.1, 0.15) is 61.7 Å². The van der Waals surface area contributed by atoms with Gasteiger partial charge in [-0.25, -0.2) is 0 Å². The van der Waals surface area contributed by atoms with E-state index in [4.69, 9.17) is 18.9 Å². The predicted molar refractivity (Wildman–Crippen MR) is 225 cm³/mol. The molecule has 12 N–H and O–H groups in total. The van der Waals surface area contributed by atoms with E-state index in [1.54, 1.807) is 17.0 Å². The van der Waals surface area contributed by atoms with Crippen molar-refractivity contribution >= 4 is 17.7 Å². The monoisotopic (exact) mass is 878 g/mol. The Morgan fingerprint density at radius 2 is 0.852 bits per heavy atom. The van der Waals surface area contributed by atoms with Gasteiger partial charge in [0.2, 0.25) is 11.8 Å². The van der Waals surface area contributed by atoms with E-state index in [0.29, 0.717) is 25.1 Å². The van der Waals surface area contributed by atoms with Crippen molar-refractivity contribution in [1.29, 1.82) is 0 Å². The second-order valence-electron chi connectivity index (χ2n) is 14.7. The fourth-order valence-corrected chi connectivity index (χ4v) is 5.78. The molecule has 20 heteroatoms. The van der Waals surface area contributed by atoms with E-state index in [1.807, 2.05) is 18.2 Å². The molecule has 0 aliphatic heterocycles. The van der Waals surface area contributed by atoms with Crippen molar-refractivity contribution in [2.45, 2.75) is 87.9 Å². The molecule has 0 aliphatic carbocycles. The van der Waals surface area contributed by atoms with E-state index in [-0.39, 0.29) is 45.4 Å². The normalized spacial score (nSPS) is 11.9. The third-order valence-electron chi connectivity index (χ3n) is 9.41.